The summed E-state index contributed by atoms with van der Waals surface area (Å²) >= 11 is 3.76. The monoisotopic (exact) mass is 428 g/mol. The van der Waals surface area contributed by atoms with Crippen LogP contribution in [0.4, 0.5) is 0 Å². The number of thioether (sulfide) groups is 1. The molecule has 2 heterocycles. The minimum atomic E-state index is 0.168. The lowest BCUT2D eigenvalue weighted by Crippen LogP contribution is -2.33. The standard InChI is InChI=1S/C26H24N2S2/c1-3-9-18(10-4-1)24-27-28-25(30-24)19-13-14-23-21(17-19)26(15-7-2-8-16-26)20-11-5-6-12-22(20)29-23/h1,3-6,9-14,17,24,27H,2,7-8,15-16H2. The molecule has 2 nitrogen and oxygen atoms in total. The third kappa shape index (κ3) is 3.00. The molecule has 3 aliphatic rings. The zero-order chi connectivity index (χ0) is 20.0. The molecule has 1 unspecified atom stereocenters. The molecule has 30 heavy (non-hydrogen) atoms. The molecule has 0 aromatic heterocycles. The molecule has 0 bridgehead atoms. The number of benzene rings is 3. The van der Waals surface area contributed by atoms with E-state index in [1.165, 1.54) is 58.6 Å². The van der Waals surface area contributed by atoms with E-state index in [1.54, 1.807) is 5.56 Å². The first-order valence-electron chi connectivity index (χ1n) is 10.8. The molecule has 1 saturated carbocycles. The molecule has 6 rings (SSSR count). The quantitative estimate of drug-likeness (QED) is 0.471. The molecule has 0 amide bonds. The lowest BCUT2D eigenvalue weighted by Gasteiger charge is -2.43. The van der Waals surface area contributed by atoms with E-state index >= 15 is 0 Å². The van der Waals surface area contributed by atoms with E-state index < -0.39 is 0 Å². The molecule has 0 saturated heterocycles. The summed E-state index contributed by atoms with van der Waals surface area (Å²) in [5, 5.41) is 6.00. The Bertz CT molecular complexity index is 1120. The van der Waals surface area contributed by atoms with Crippen molar-refractivity contribution < 1.29 is 0 Å². The van der Waals surface area contributed by atoms with Crippen LogP contribution in [0.5, 0.6) is 0 Å². The van der Waals surface area contributed by atoms with Crippen LogP contribution >= 0.6 is 23.5 Å². The van der Waals surface area contributed by atoms with Gasteiger partial charge in [-0.25, -0.2) is 0 Å². The van der Waals surface area contributed by atoms with E-state index in [4.69, 9.17) is 5.10 Å². The normalized spacial score (nSPS) is 21.5. The fourth-order valence-corrected chi connectivity index (χ4v) is 7.47. The first-order chi connectivity index (χ1) is 14.8. The van der Waals surface area contributed by atoms with Gasteiger partial charge in [0.05, 0.1) is 0 Å². The topological polar surface area (TPSA) is 24.4 Å². The van der Waals surface area contributed by atoms with E-state index in [1.807, 2.05) is 23.5 Å². The van der Waals surface area contributed by atoms with Crippen molar-refractivity contribution in [2.45, 2.75) is 52.7 Å². The Morgan fingerprint density at radius 3 is 2.43 bits per heavy atom. The molecular formula is C26H24N2S2. The van der Waals surface area contributed by atoms with Crippen molar-refractivity contribution in [3.8, 4) is 0 Å². The second-order valence-electron chi connectivity index (χ2n) is 8.41. The smallest absolute Gasteiger partial charge is 0.126 e. The summed E-state index contributed by atoms with van der Waals surface area (Å²) in [6.07, 6.45) is 6.50. The van der Waals surface area contributed by atoms with Gasteiger partial charge in [0.2, 0.25) is 0 Å². The van der Waals surface area contributed by atoms with Gasteiger partial charge in [-0.1, -0.05) is 97.4 Å². The summed E-state index contributed by atoms with van der Waals surface area (Å²) in [4.78, 5) is 2.87. The van der Waals surface area contributed by atoms with Crippen LogP contribution in [0.1, 0.15) is 59.7 Å². The van der Waals surface area contributed by atoms with Crippen molar-refractivity contribution in [1.29, 1.82) is 0 Å². The third-order valence-electron chi connectivity index (χ3n) is 6.69. The van der Waals surface area contributed by atoms with E-state index in [2.05, 4.69) is 78.2 Å². The Morgan fingerprint density at radius 2 is 1.57 bits per heavy atom. The van der Waals surface area contributed by atoms with Gasteiger partial charge in [-0.15, -0.1) is 0 Å². The molecule has 1 aliphatic carbocycles. The molecule has 0 radical (unpaired) electrons. The zero-order valence-corrected chi connectivity index (χ0v) is 18.4. The summed E-state index contributed by atoms with van der Waals surface area (Å²) in [6.45, 7) is 0. The SMILES string of the molecule is c1ccc(C2NN=C(c3ccc4c(c3)C3(CCCCC3)c3ccccc3S4)S2)cc1. The fourth-order valence-electron chi connectivity index (χ4n) is 5.22. The van der Waals surface area contributed by atoms with Crippen LogP contribution in [-0.2, 0) is 5.41 Å². The second kappa shape index (κ2) is 7.51. The molecular weight excluding hydrogens is 404 g/mol. The molecule has 1 atom stereocenters. The Kier molecular flexibility index (Phi) is 4.65. The molecule has 4 heteroatoms. The molecule has 1 N–H and O–H groups in total. The molecule has 150 valence electrons. The van der Waals surface area contributed by atoms with Crippen molar-refractivity contribution in [2.75, 3.05) is 0 Å². The number of hydrazone groups is 1. The highest BCUT2D eigenvalue weighted by Crippen LogP contribution is 2.55. The summed E-state index contributed by atoms with van der Waals surface area (Å²) in [5.41, 5.74) is 9.08. The van der Waals surface area contributed by atoms with Crippen LogP contribution in [-0.4, -0.2) is 5.04 Å². The van der Waals surface area contributed by atoms with Gasteiger partial charge >= 0.3 is 0 Å². The van der Waals surface area contributed by atoms with Crippen molar-refractivity contribution in [3.63, 3.8) is 0 Å². The minimum Gasteiger partial charge on any atom is -0.291 e. The maximum Gasteiger partial charge on any atom is 0.126 e. The van der Waals surface area contributed by atoms with Crippen LogP contribution in [0, 0.1) is 0 Å². The number of fused-ring (bicyclic) bond motifs is 4. The lowest BCUT2D eigenvalue weighted by molar-refractivity contribution is 0.335. The number of nitrogens with one attached hydrogen (secondary N) is 1. The highest BCUT2D eigenvalue weighted by molar-refractivity contribution is 8.14. The van der Waals surface area contributed by atoms with Crippen LogP contribution in [0.3, 0.4) is 0 Å². The fraction of sp³-hybridized carbons (Fsp3) is 0.269. The lowest BCUT2D eigenvalue weighted by atomic mass is 9.65. The second-order valence-corrected chi connectivity index (χ2v) is 10.6. The van der Waals surface area contributed by atoms with Gasteiger partial charge in [0.15, 0.2) is 0 Å². The van der Waals surface area contributed by atoms with Crippen molar-refractivity contribution in [2.24, 2.45) is 5.10 Å². The predicted octanol–water partition coefficient (Wildman–Crippen LogP) is 7.10. The van der Waals surface area contributed by atoms with Gasteiger partial charge < -0.3 is 0 Å². The van der Waals surface area contributed by atoms with E-state index in [0.717, 1.165) is 5.04 Å². The Hall–Kier alpha value is -2.17. The number of rotatable bonds is 2. The van der Waals surface area contributed by atoms with Gasteiger partial charge in [0.25, 0.3) is 0 Å². The molecule has 2 aliphatic heterocycles. The minimum absolute atomic E-state index is 0.168. The van der Waals surface area contributed by atoms with Crippen LogP contribution in [0.2, 0.25) is 0 Å². The van der Waals surface area contributed by atoms with E-state index in [9.17, 15) is 0 Å². The van der Waals surface area contributed by atoms with Crippen LogP contribution in [0.25, 0.3) is 0 Å². The third-order valence-corrected chi connectivity index (χ3v) is 9.00. The van der Waals surface area contributed by atoms with Crippen molar-refractivity contribution >= 4 is 28.6 Å². The Labute approximate surface area is 186 Å². The first kappa shape index (κ1) is 18.6. The Morgan fingerprint density at radius 1 is 0.800 bits per heavy atom. The maximum atomic E-state index is 4.71. The highest BCUT2D eigenvalue weighted by Gasteiger charge is 2.42. The van der Waals surface area contributed by atoms with Gasteiger partial charge in [-0.05, 0) is 47.7 Å². The van der Waals surface area contributed by atoms with Gasteiger partial charge in [0, 0.05) is 20.8 Å². The summed E-state index contributed by atoms with van der Waals surface area (Å²) < 4.78 is 0. The number of nitrogens with zero attached hydrogens (tertiary/aromatic N) is 1. The first-order valence-corrected chi connectivity index (χ1v) is 12.5. The molecule has 1 spiro atoms. The highest BCUT2D eigenvalue weighted by atomic mass is 32.2. The number of hydrogen-bond acceptors (Lipinski definition) is 4. The summed E-state index contributed by atoms with van der Waals surface area (Å²) in [6, 6.07) is 26.7. The zero-order valence-electron chi connectivity index (χ0n) is 16.8. The summed E-state index contributed by atoms with van der Waals surface area (Å²) in [5.74, 6) is 0. The van der Waals surface area contributed by atoms with Crippen molar-refractivity contribution in [1.82, 2.24) is 5.43 Å². The van der Waals surface area contributed by atoms with Crippen LogP contribution < -0.4 is 5.43 Å². The largest absolute Gasteiger partial charge is 0.291 e. The van der Waals surface area contributed by atoms with Gasteiger partial charge in [-0.2, -0.15) is 5.10 Å². The molecule has 3 aromatic carbocycles. The molecule has 3 aromatic rings. The van der Waals surface area contributed by atoms with E-state index in [0.29, 0.717) is 0 Å². The predicted molar refractivity (Wildman–Crippen MR) is 127 cm³/mol. The van der Waals surface area contributed by atoms with Gasteiger partial charge in [0.1, 0.15) is 10.4 Å². The molecule has 1 fully saturated rings. The average molecular weight is 429 g/mol. The summed E-state index contributed by atoms with van der Waals surface area (Å²) in [7, 11) is 0. The van der Waals surface area contributed by atoms with Crippen molar-refractivity contribution in [3.05, 3.63) is 95.1 Å². The van der Waals surface area contributed by atoms with E-state index in [-0.39, 0.29) is 10.8 Å². The number of hydrogen-bond donors (Lipinski definition) is 1. The average Bonchev–Trinajstić information content (AvgIpc) is 3.31. The van der Waals surface area contributed by atoms with Gasteiger partial charge in [-0.3, -0.25) is 5.43 Å². The van der Waals surface area contributed by atoms with Crippen LogP contribution in [0.15, 0.2) is 87.7 Å². The maximum absolute atomic E-state index is 4.71. The Balaban J connectivity index is 1.38.